The Kier molecular flexibility index (Phi) is 1.98. The highest BCUT2D eigenvalue weighted by Crippen LogP contribution is 2.60. The van der Waals surface area contributed by atoms with E-state index in [1.54, 1.807) is 0 Å². The maximum atomic E-state index is 6.04. The second-order valence-corrected chi connectivity index (χ2v) is 4.97. The van der Waals surface area contributed by atoms with Crippen LogP contribution in [-0.4, -0.2) is 13.2 Å². The van der Waals surface area contributed by atoms with Crippen LogP contribution in [-0.2, 0) is 5.41 Å². The summed E-state index contributed by atoms with van der Waals surface area (Å²) in [5, 5.41) is 0.793. The van der Waals surface area contributed by atoms with Crippen molar-refractivity contribution in [2.24, 2.45) is 11.7 Å². The largest absolute Gasteiger partial charge is 0.493 e. The highest BCUT2D eigenvalue weighted by Gasteiger charge is 2.56. The Bertz CT molecular complexity index is 407. The van der Waals surface area contributed by atoms with Gasteiger partial charge in [0.15, 0.2) is 0 Å². The zero-order valence-corrected chi connectivity index (χ0v) is 9.26. The minimum Gasteiger partial charge on any atom is -0.493 e. The Balaban J connectivity index is 2.07. The summed E-state index contributed by atoms with van der Waals surface area (Å²) in [5.41, 5.74) is 7.32. The monoisotopic (exact) mass is 223 g/mol. The second-order valence-electron chi connectivity index (χ2n) is 4.53. The number of nitrogens with two attached hydrogens (primary N) is 1. The van der Waals surface area contributed by atoms with Gasteiger partial charge in [-0.2, -0.15) is 0 Å². The second kappa shape index (κ2) is 3.13. The fourth-order valence-electron chi connectivity index (χ4n) is 2.82. The van der Waals surface area contributed by atoms with Gasteiger partial charge in [0.05, 0.1) is 6.61 Å². The molecule has 2 atom stereocenters. The van der Waals surface area contributed by atoms with E-state index < -0.39 is 0 Å². The average Bonchev–Trinajstić information content (AvgIpc) is 2.94. The third-order valence-electron chi connectivity index (χ3n) is 3.80. The van der Waals surface area contributed by atoms with E-state index >= 15 is 0 Å². The molecule has 1 saturated carbocycles. The predicted molar refractivity (Wildman–Crippen MR) is 60.4 cm³/mol. The molecule has 0 unspecified atom stereocenters. The molecule has 0 radical (unpaired) electrons. The molecule has 15 heavy (non-hydrogen) atoms. The zero-order chi connectivity index (χ0) is 10.5. The molecule has 1 aromatic carbocycles. The van der Waals surface area contributed by atoms with E-state index in [4.69, 9.17) is 22.1 Å². The predicted octanol–water partition coefficient (Wildman–Crippen LogP) is 2.34. The topological polar surface area (TPSA) is 35.2 Å². The van der Waals surface area contributed by atoms with Crippen molar-refractivity contribution in [2.75, 3.05) is 13.2 Å². The molecule has 1 spiro atoms. The number of halogens is 1. The Morgan fingerprint density at radius 1 is 1.53 bits per heavy atom. The molecule has 0 amide bonds. The van der Waals surface area contributed by atoms with Crippen molar-refractivity contribution in [2.45, 2.75) is 18.3 Å². The van der Waals surface area contributed by atoms with Crippen LogP contribution in [0, 0.1) is 5.92 Å². The standard InChI is InChI=1S/C12H14ClNO/c13-9-1-2-11-10(5-9)12(3-4-15-11)6-8(12)7-14/h1-2,5,8H,3-4,6-7,14H2/t8-,12+/m1/s1. The van der Waals surface area contributed by atoms with Crippen molar-refractivity contribution in [3.8, 4) is 5.75 Å². The zero-order valence-electron chi connectivity index (χ0n) is 8.50. The molecule has 1 aliphatic carbocycles. The lowest BCUT2D eigenvalue weighted by molar-refractivity contribution is 0.254. The van der Waals surface area contributed by atoms with E-state index in [0.29, 0.717) is 5.92 Å². The highest BCUT2D eigenvalue weighted by molar-refractivity contribution is 6.30. The molecular formula is C12H14ClNO. The van der Waals surface area contributed by atoms with Gasteiger partial charge in [-0.3, -0.25) is 0 Å². The first-order valence-corrected chi connectivity index (χ1v) is 5.77. The van der Waals surface area contributed by atoms with Crippen molar-refractivity contribution in [1.82, 2.24) is 0 Å². The summed E-state index contributed by atoms with van der Waals surface area (Å²) in [4.78, 5) is 0. The van der Waals surface area contributed by atoms with Crippen LogP contribution < -0.4 is 10.5 Å². The third kappa shape index (κ3) is 1.28. The number of ether oxygens (including phenoxy) is 1. The minimum absolute atomic E-state index is 0.285. The molecule has 2 N–H and O–H groups in total. The number of benzene rings is 1. The summed E-state index contributed by atoms with van der Waals surface area (Å²) in [6, 6.07) is 5.91. The number of fused-ring (bicyclic) bond motifs is 2. The summed E-state index contributed by atoms with van der Waals surface area (Å²) in [6.45, 7) is 1.58. The first kappa shape index (κ1) is 9.49. The van der Waals surface area contributed by atoms with Crippen LogP contribution in [0.5, 0.6) is 5.75 Å². The Labute approximate surface area is 94.4 Å². The molecule has 1 heterocycles. The van der Waals surface area contributed by atoms with Gasteiger partial charge in [-0.15, -0.1) is 0 Å². The van der Waals surface area contributed by atoms with Crippen LogP contribution in [0.1, 0.15) is 18.4 Å². The van der Waals surface area contributed by atoms with Gasteiger partial charge in [-0.05, 0) is 43.5 Å². The van der Waals surface area contributed by atoms with Gasteiger partial charge < -0.3 is 10.5 Å². The lowest BCUT2D eigenvalue weighted by Gasteiger charge is -2.27. The number of hydrogen-bond donors (Lipinski definition) is 1. The normalized spacial score (nSPS) is 32.3. The fourth-order valence-corrected chi connectivity index (χ4v) is 2.99. The Morgan fingerprint density at radius 3 is 3.13 bits per heavy atom. The Hall–Kier alpha value is -0.730. The average molecular weight is 224 g/mol. The molecule has 3 heteroatoms. The molecule has 0 saturated heterocycles. The summed E-state index contributed by atoms with van der Waals surface area (Å²) < 4.78 is 5.65. The molecule has 2 nitrogen and oxygen atoms in total. The lowest BCUT2D eigenvalue weighted by atomic mass is 9.87. The van der Waals surface area contributed by atoms with Crippen molar-refractivity contribution < 1.29 is 4.74 Å². The van der Waals surface area contributed by atoms with Crippen LogP contribution in [0.3, 0.4) is 0 Å². The van der Waals surface area contributed by atoms with Crippen LogP contribution >= 0.6 is 11.6 Å². The van der Waals surface area contributed by atoms with E-state index in [2.05, 4.69) is 0 Å². The van der Waals surface area contributed by atoms with Crippen LogP contribution in [0.4, 0.5) is 0 Å². The molecule has 80 valence electrons. The van der Waals surface area contributed by atoms with Crippen molar-refractivity contribution in [1.29, 1.82) is 0 Å². The molecule has 2 aliphatic rings. The molecular weight excluding hydrogens is 210 g/mol. The van der Waals surface area contributed by atoms with E-state index in [0.717, 1.165) is 30.3 Å². The lowest BCUT2D eigenvalue weighted by Crippen LogP contribution is -2.24. The van der Waals surface area contributed by atoms with E-state index in [-0.39, 0.29) is 5.41 Å². The first-order chi connectivity index (χ1) is 7.26. The molecule has 3 rings (SSSR count). The molecule has 1 aromatic rings. The molecule has 0 aromatic heterocycles. The summed E-state index contributed by atoms with van der Waals surface area (Å²) >= 11 is 6.04. The van der Waals surface area contributed by atoms with Crippen LogP contribution in [0.2, 0.25) is 5.02 Å². The SMILES string of the molecule is NC[C@H]1C[C@@]12CCOc1ccc(Cl)cc12. The van der Waals surface area contributed by atoms with Crippen LogP contribution in [0.25, 0.3) is 0 Å². The molecule has 1 fully saturated rings. The minimum atomic E-state index is 0.285. The quantitative estimate of drug-likeness (QED) is 0.793. The summed E-state index contributed by atoms with van der Waals surface area (Å²) in [6.07, 6.45) is 2.28. The number of rotatable bonds is 1. The summed E-state index contributed by atoms with van der Waals surface area (Å²) in [5.74, 6) is 1.63. The smallest absolute Gasteiger partial charge is 0.123 e. The van der Waals surface area contributed by atoms with Gasteiger partial charge in [-0.1, -0.05) is 11.6 Å². The Morgan fingerprint density at radius 2 is 2.40 bits per heavy atom. The van der Waals surface area contributed by atoms with E-state index in [9.17, 15) is 0 Å². The molecule has 1 aliphatic heterocycles. The van der Waals surface area contributed by atoms with Gasteiger partial charge >= 0.3 is 0 Å². The maximum absolute atomic E-state index is 6.04. The van der Waals surface area contributed by atoms with E-state index in [1.807, 2.05) is 18.2 Å². The van der Waals surface area contributed by atoms with E-state index in [1.165, 1.54) is 12.0 Å². The van der Waals surface area contributed by atoms with Crippen LogP contribution in [0.15, 0.2) is 18.2 Å². The van der Waals surface area contributed by atoms with Gasteiger partial charge in [-0.25, -0.2) is 0 Å². The fraction of sp³-hybridized carbons (Fsp3) is 0.500. The van der Waals surface area contributed by atoms with Gasteiger partial charge in [0.2, 0.25) is 0 Å². The number of hydrogen-bond acceptors (Lipinski definition) is 2. The summed E-state index contributed by atoms with van der Waals surface area (Å²) in [7, 11) is 0. The van der Waals surface area contributed by atoms with Gasteiger partial charge in [0, 0.05) is 16.0 Å². The van der Waals surface area contributed by atoms with Crippen molar-refractivity contribution in [3.05, 3.63) is 28.8 Å². The third-order valence-corrected chi connectivity index (χ3v) is 4.04. The first-order valence-electron chi connectivity index (χ1n) is 5.39. The molecule has 0 bridgehead atoms. The van der Waals surface area contributed by atoms with Gasteiger partial charge in [0.1, 0.15) is 5.75 Å². The van der Waals surface area contributed by atoms with Crippen molar-refractivity contribution in [3.63, 3.8) is 0 Å². The maximum Gasteiger partial charge on any atom is 0.123 e. The highest BCUT2D eigenvalue weighted by atomic mass is 35.5. The van der Waals surface area contributed by atoms with Crippen molar-refractivity contribution >= 4 is 11.6 Å². The van der Waals surface area contributed by atoms with Gasteiger partial charge in [0.25, 0.3) is 0 Å².